The average Bonchev–Trinajstić information content (AvgIpc) is 2.10. The molecular weight excluding hydrogens is 153 g/mol. The highest BCUT2D eigenvalue weighted by molar-refractivity contribution is 4.77. The fourth-order valence-corrected chi connectivity index (χ4v) is 1.44. The third-order valence-corrected chi connectivity index (χ3v) is 2.14. The van der Waals surface area contributed by atoms with Crippen LogP contribution in [0.2, 0.25) is 0 Å². The van der Waals surface area contributed by atoms with Crippen molar-refractivity contribution in [3.8, 4) is 0 Å². The van der Waals surface area contributed by atoms with Crippen LogP contribution in [0, 0.1) is 12.3 Å². The first-order chi connectivity index (χ1) is 5.11. The Kier molecular flexibility index (Phi) is 2.79. The normalized spacial score (nSPS) is 23.2. The van der Waals surface area contributed by atoms with Gasteiger partial charge in [-0.2, -0.15) is 13.2 Å². The maximum Gasteiger partial charge on any atom is 0.391 e. The Balaban J connectivity index is 2.43. The SMILES string of the molecule is FC(F)(F)C1CC[CH]CCC1. The van der Waals surface area contributed by atoms with Gasteiger partial charge in [0.15, 0.2) is 0 Å². The van der Waals surface area contributed by atoms with Crippen molar-refractivity contribution in [1.82, 2.24) is 0 Å². The van der Waals surface area contributed by atoms with Crippen molar-refractivity contribution in [1.29, 1.82) is 0 Å². The third-order valence-electron chi connectivity index (χ3n) is 2.14. The Bertz CT molecular complexity index is 109. The molecule has 0 aromatic carbocycles. The van der Waals surface area contributed by atoms with Crippen LogP contribution in [0.3, 0.4) is 0 Å². The standard InChI is InChI=1S/C8H12F3/c9-8(10,11)7-5-3-1-2-4-6-7/h1,7H,2-6H2. The van der Waals surface area contributed by atoms with E-state index in [1.54, 1.807) is 0 Å². The molecule has 0 amide bonds. The molecule has 0 N–H and O–H groups in total. The topological polar surface area (TPSA) is 0 Å². The zero-order valence-electron chi connectivity index (χ0n) is 6.32. The van der Waals surface area contributed by atoms with Crippen LogP contribution in [0.15, 0.2) is 0 Å². The van der Waals surface area contributed by atoms with E-state index in [2.05, 4.69) is 0 Å². The highest BCUT2D eigenvalue weighted by atomic mass is 19.4. The first-order valence-corrected chi connectivity index (χ1v) is 3.99. The lowest BCUT2D eigenvalue weighted by Crippen LogP contribution is -2.21. The number of halogens is 3. The van der Waals surface area contributed by atoms with Crippen molar-refractivity contribution in [3.63, 3.8) is 0 Å². The maximum absolute atomic E-state index is 12.1. The predicted octanol–water partition coefficient (Wildman–Crippen LogP) is 3.33. The van der Waals surface area contributed by atoms with Crippen molar-refractivity contribution in [2.24, 2.45) is 5.92 Å². The molecule has 0 spiro atoms. The molecule has 1 aliphatic carbocycles. The summed E-state index contributed by atoms with van der Waals surface area (Å²) in [7, 11) is 0. The van der Waals surface area contributed by atoms with Gasteiger partial charge >= 0.3 is 6.18 Å². The molecule has 0 aliphatic heterocycles. The lowest BCUT2D eigenvalue weighted by atomic mass is 10.0. The molecule has 0 aromatic heterocycles. The summed E-state index contributed by atoms with van der Waals surface area (Å²) >= 11 is 0. The van der Waals surface area contributed by atoms with E-state index in [-0.39, 0.29) is 0 Å². The summed E-state index contributed by atoms with van der Waals surface area (Å²) in [5.41, 5.74) is 0. The fourth-order valence-electron chi connectivity index (χ4n) is 1.44. The van der Waals surface area contributed by atoms with E-state index in [0.717, 1.165) is 6.42 Å². The molecule has 0 saturated heterocycles. The van der Waals surface area contributed by atoms with Crippen molar-refractivity contribution in [2.75, 3.05) is 0 Å². The average molecular weight is 165 g/mol. The molecule has 0 nitrogen and oxygen atoms in total. The van der Waals surface area contributed by atoms with E-state index in [0.29, 0.717) is 25.7 Å². The van der Waals surface area contributed by atoms with Gasteiger partial charge in [0.2, 0.25) is 0 Å². The minimum atomic E-state index is -3.96. The second kappa shape index (κ2) is 3.46. The largest absolute Gasteiger partial charge is 0.391 e. The van der Waals surface area contributed by atoms with Crippen LogP contribution in [0.4, 0.5) is 13.2 Å². The lowest BCUT2D eigenvalue weighted by Gasteiger charge is -2.17. The summed E-state index contributed by atoms with van der Waals surface area (Å²) in [6.07, 6.45) is 0.800. The minimum Gasteiger partial charge on any atom is -0.171 e. The molecule has 1 radical (unpaired) electrons. The summed E-state index contributed by atoms with van der Waals surface area (Å²) in [5, 5.41) is 0. The van der Waals surface area contributed by atoms with Gasteiger partial charge < -0.3 is 0 Å². The zero-order chi connectivity index (χ0) is 8.32. The van der Waals surface area contributed by atoms with E-state index >= 15 is 0 Å². The van der Waals surface area contributed by atoms with Crippen molar-refractivity contribution >= 4 is 0 Å². The van der Waals surface area contributed by atoms with E-state index < -0.39 is 12.1 Å². The molecule has 0 bridgehead atoms. The Morgan fingerprint density at radius 3 is 2.45 bits per heavy atom. The van der Waals surface area contributed by atoms with Gasteiger partial charge in [0.05, 0.1) is 5.92 Å². The predicted molar refractivity (Wildman–Crippen MR) is 36.9 cm³/mol. The van der Waals surface area contributed by atoms with Crippen molar-refractivity contribution in [2.45, 2.75) is 38.3 Å². The molecule has 11 heavy (non-hydrogen) atoms. The van der Waals surface area contributed by atoms with Crippen molar-refractivity contribution < 1.29 is 13.2 Å². The fraction of sp³-hybridized carbons (Fsp3) is 0.875. The quantitative estimate of drug-likeness (QED) is 0.483. The van der Waals surface area contributed by atoms with Gasteiger partial charge in [-0.15, -0.1) is 0 Å². The highest BCUT2D eigenvalue weighted by Crippen LogP contribution is 2.35. The van der Waals surface area contributed by atoms with Crippen LogP contribution in [-0.2, 0) is 0 Å². The first kappa shape index (κ1) is 8.88. The monoisotopic (exact) mass is 165 g/mol. The molecule has 0 heterocycles. The number of hydrogen-bond acceptors (Lipinski definition) is 0. The van der Waals surface area contributed by atoms with E-state index in [9.17, 15) is 13.2 Å². The molecule has 1 rings (SSSR count). The summed E-state index contributed by atoms with van der Waals surface area (Å²) in [6.45, 7) is 0. The van der Waals surface area contributed by atoms with Crippen LogP contribution in [0.1, 0.15) is 32.1 Å². The van der Waals surface area contributed by atoms with Crippen LogP contribution < -0.4 is 0 Å². The number of hydrogen-bond donors (Lipinski definition) is 0. The molecule has 3 heteroatoms. The van der Waals surface area contributed by atoms with E-state index in [1.165, 1.54) is 0 Å². The lowest BCUT2D eigenvalue weighted by molar-refractivity contribution is -0.177. The number of rotatable bonds is 0. The van der Waals surface area contributed by atoms with Gasteiger partial charge in [-0.25, -0.2) is 0 Å². The zero-order valence-corrected chi connectivity index (χ0v) is 6.32. The summed E-state index contributed by atoms with van der Waals surface area (Å²) in [6, 6.07) is 0. The smallest absolute Gasteiger partial charge is 0.171 e. The van der Waals surface area contributed by atoms with Gasteiger partial charge in [0.1, 0.15) is 0 Å². The second-order valence-corrected chi connectivity index (χ2v) is 3.04. The van der Waals surface area contributed by atoms with Gasteiger partial charge in [-0.05, 0) is 25.7 Å². The van der Waals surface area contributed by atoms with E-state index in [4.69, 9.17) is 0 Å². The minimum absolute atomic E-state index is 0.295. The summed E-state index contributed by atoms with van der Waals surface area (Å²) < 4.78 is 36.3. The van der Waals surface area contributed by atoms with Crippen LogP contribution in [0.5, 0.6) is 0 Å². The molecule has 1 fully saturated rings. The Morgan fingerprint density at radius 1 is 1.09 bits per heavy atom. The van der Waals surface area contributed by atoms with Gasteiger partial charge in [-0.3, -0.25) is 0 Å². The Hall–Kier alpha value is -0.210. The molecule has 1 aliphatic rings. The Morgan fingerprint density at radius 2 is 1.82 bits per heavy atom. The molecule has 1 atom stereocenters. The molecule has 1 saturated carbocycles. The maximum atomic E-state index is 12.1. The van der Waals surface area contributed by atoms with Gasteiger partial charge in [-0.1, -0.05) is 12.8 Å². The van der Waals surface area contributed by atoms with Gasteiger partial charge in [0.25, 0.3) is 0 Å². The van der Waals surface area contributed by atoms with Crippen LogP contribution in [0.25, 0.3) is 0 Å². The highest BCUT2D eigenvalue weighted by Gasteiger charge is 2.38. The van der Waals surface area contributed by atoms with E-state index in [1.807, 2.05) is 6.42 Å². The Labute approximate surface area is 64.8 Å². The molecule has 0 aromatic rings. The molecular formula is C8H12F3. The van der Waals surface area contributed by atoms with Crippen molar-refractivity contribution in [3.05, 3.63) is 6.42 Å². The van der Waals surface area contributed by atoms with Crippen LogP contribution in [-0.4, -0.2) is 6.18 Å². The number of alkyl halides is 3. The second-order valence-electron chi connectivity index (χ2n) is 3.04. The third kappa shape index (κ3) is 2.72. The summed E-state index contributed by atoms with van der Waals surface area (Å²) in [4.78, 5) is 0. The molecule has 1 unspecified atom stereocenters. The van der Waals surface area contributed by atoms with Gasteiger partial charge in [0, 0.05) is 0 Å². The molecule has 65 valence electrons. The van der Waals surface area contributed by atoms with Crippen LogP contribution >= 0.6 is 0 Å². The first-order valence-electron chi connectivity index (χ1n) is 3.99. The summed E-state index contributed by atoms with van der Waals surface area (Å²) in [5.74, 6) is -1.04.